The topological polar surface area (TPSA) is 97.6 Å². The molecule has 0 fully saturated rings. The summed E-state index contributed by atoms with van der Waals surface area (Å²) in [4.78, 5) is 24.4. The highest BCUT2D eigenvalue weighted by Gasteiger charge is 2.21. The number of amides is 1. The first-order chi connectivity index (χ1) is 11.0. The summed E-state index contributed by atoms with van der Waals surface area (Å²) in [6.07, 6.45) is 1.41. The number of nitrogens with zero attached hydrogens (tertiary/aromatic N) is 4. The molecule has 1 heterocycles. The van der Waals surface area contributed by atoms with Gasteiger partial charge in [0, 0.05) is 13.7 Å². The molecule has 1 aromatic carbocycles. The number of hydrogen-bond acceptors (Lipinski definition) is 5. The molecule has 0 saturated carbocycles. The maximum atomic E-state index is 12.4. The second kappa shape index (κ2) is 7.70. The zero-order chi connectivity index (χ0) is 16.8. The van der Waals surface area contributed by atoms with E-state index in [1.54, 1.807) is 24.3 Å². The first-order valence-corrected chi connectivity index (χ1v) is 7.08. The summed E-state index contributed by atoms with van der Waals surface area (Å²) < 4.78 is 6.25. The lowest BCUT2D eigenvalue weighted by atomic mass is 10.3. The van der Waals surface area contributed by atoms with Crippen LogP contribution in [0.2, 0.25) is 5.02 Å². The average molecular weight is 339 g/mol. The van der Waals surface area contributed by atoms with Crippen LogP contribution in [0.1, 0.15) is 10.5 Å². The second-order valence-electron chi connectivity index (χ2n) is 4.61. The van der Waals surface area contributed by atoms with Crippen LogP contribution in [-0.4, -0.2) is 63.7 Å². The van der Waals surface area contributed by atoms with Crippen molar-refractivity contribution in [3.63, 3.8) is 0 Å². The van der Waals surface area contributed by atoms with Gasteiger partial charge in [0.15, 0.2) is 5.69 Å². The van der Waals surface area contributed by atoms with Crippen LogP contribution in [0.4, 0.5) is 0 Å². The van der Waals surface area contributed by atoms with Crippen LogP contribution in [0.15, 0.2) is 30.5 Å². The van der Waals surface area contributed by atoms with Crippen LogP contribution in [0.5, 0.6) is 0 Å². The number of carbonyl (C=O) groups excluding carboxylic acids is 1. The molecule has 2 rings (SSSR count). The number of carboxylic acids is 1. The molecule has 1 amide bonds. The van der Waals surface area contributed by atoms with Crippen LogP contribution in [0.3, 0.4) is 0 Å². The molecule has 1 aromatic heterocycles. The molecule has 0 spiro atoms. The van der Waals surface area contributed by atoms with Gasteiger partial charge < -0.3 is 14.7 Å². The van der Waals surface area contributed by atoms with Gasteiger partial charge in [-0.15, -0.1) is 5.10 Å². The molecular weight excluding hydrogens is 324 g/mol. The number of ether oxygens (including phenoxy) is 1. The first kappa shape index (κ1) is 16.9. The third-order valence-corrected chi connectivity index (χ3v) is 3.31. The quantitative estimate of drug-likeness (QED) is 0.811. The minimum absolute atomic E-state index is 0.0299. The van der Waals surface area contributed by atoms with Gasteiger partial charge in [-0.2, -0.15) is 0 Å². The molecule has 122 valence electrons. The van der Waals surface area contributed by atoms with Crippen molar-refractivity contribution in [1.29, 1.82) is 0 Å². The van der Waals surface area contributed by atoms with Gasteiger partial charge in [0.1, 0.15) is 6.54 Å². The molecule has 23 heavy (non-hydrogen) atoms. The van der Waals surface area contributed by atoms with Crippen molar-refractivity contribution in [3.8, 4) is 5.69 Å². The van der Waals surface area contributed by atoms with Crippen molar-refractivity contribution in [2.24, 2.45) is 0 Å². The molecule has 1 N–H and O–H groups in total. The molecule has 0 saturated heterocycles. The number of aromatic nitrogens is 3. The normalized spacial score (nSPS) is 10.5. The predicted molar refractivity (Wildman–Crippen MR) is 81.8 cm³/mol. The van der Waals surface area contributed by atoms with Gasteiger partial charge in [-0.25, -0.2) is 4.68 Å². The lowest BCUT2D eigenvalue weighted by Crippen LogP contribution is -2.38. The molecule has 9 heteroatoms. The van der Waals surface area contributed by atoms with Crippen molar-refractivity contribution >= 4 is 23.5 Å². The van der Waals surface area contributed by atoms with Crippen LogP contribution < -0.4 is 0 Å². The number of para-hydroxylation sites is 1. The Morgan fingerprint density at radius 2 is 2.13 bits per heavy atom. The molecule has 0 aliphatic carbocycles. The molecule has 0 aliphatic rings. The van der Waals surface area contributed by atoms with E-state index in [0.717, 1.165) is 4.90 Å². The number of carboxylic acid groups (broad SMARTS) is 1. The van der Waals surface area contributed by atoms with Crippen molar-refractivity contribution < 1.29 is 19.4 Å². The number of rotatable bonds is 7. The maximum Gasteiger partial charge on any atom is 0.323 e. The fourth-order valence-corrected chi connectivity index (χ4v) is 2.12. The molecule has 0 unspecified atom stereocenters. The van der Waals surface area contributed by atoms with E-state index in [-0.39, 0.29) is 18.8 Å². The Balaban J connectivity index is 2.22. The number of halogens is 1. The van der Waals surface area contributed by atoms with Crippen LogP contribution in [0.25, 0.3) is 5.69 Å². The SMILES string of the molecule is COCCN(CC(=O)O)C(=O)c1cn(-c2ccccc2Cl)nn1. The van der Waals surface area contributed by atoms with Crippen molar-refractivity contribution in [2.45, 2.75) is 0 Å². The number of benzene rings is 1. The highest BCUT2D eigenvalue weighted by Crippen LogP contribution is 2.18. The van der Waals surface area contributed by atoms with Gasteiger partial charge in [0.25, 0.3) is 5.91 Å². The Hall–Kier alpha value is -2.45. The van der Waals surface area contributed by atoms with Gasteiger partial charge in [-0.05, 0) is 12.1 Å². The Morgan fingerprint density at radius 3 is 2.78 bits per heavy atom. The Bertz CT molecular complexity index is 704. The smallest absolute Gasteiger partial charge is 0.323 e. The monoisotopic (exact) mass is 338 g/mol. The van der Waals surface area contributed by atoms with E-state index in [0.29, 0.717) is 10.7 Å². The van der Waals surface area contributed by atoms with Gasteiger partial charge in [0.05, 0.1) is 23.5 Å². The molecule has 0 bridgehead atoms. The van der Waals surface area contributed by atoms with Crippen LogP contribution in [-0.2, 0) is 9.53 Å². The minimum Gasteiger partial charge on any atom is -0.480 e. The molecular formula is C14H15ClN4O4. The van der Waals surface area contributed by atoms with E-state index in [9.17, 15) is 9.59 Å². The Labute approximate surface area is 137 Å². The zero-order valence-corrected chi connectivity index (χ0v) is 13.1. The van der Waals surface area contributed by atoms with E-state index in [1.165, 1.54) is 18.0 Å². The number of methoxy groups -OCH3 is 1. The maximum absolute atomic E-state index is 12.4. The van der Waals surface area contributed by atoms with Gasteiger partial charge in [-0.3, -0.25) is 9.59 Å². The molecule has 8 nitrogen and oxygen atoms in total. The zero-order valence-electron chi connectivity index (χ0n) is 12.3. The highest BCUT2D eigenvalue weighted by molar-refractivity contribution is 6.32. The molecule has 0 radical (unpaired) electrons. The number of aliphatic carboxylic acids is 1. The predicted octanol–water partition coefficient (Wildman–Crippen LogP) is 1.09. The summed E-state index contributed by atoms with van der Waals surface area (Å²) in [6.45, 7) is -0.0839. The number of hydrogen-bond donors (Lipinski definition) is 1. The fraction of sp³-hybridized carbons (Fsp3) is 0.286. The highest BCUT2D eigenvalue weighted by atomic mass is 35.5. The molecule has 0 aliphatic heterocycles. The van der Waals surface area contributed by atoms with Crippen LogP contribution in [0, 0.1) is 0 Å². The molecule has 0 atom stereocenters. The van der Waals surface area contributed by atoms with Crippen molar-refractivity contribution in [1.82, 2.24) is 19.9 Å². The van der Waals surface area contributed by atoms with Crippen molar-refractivity contribution in [2.75, 3.05) is 26.8 Å². The summed E-state index contributed by atoms with van der Waals surface area (Å²) in [7, 11) is 1.47. The fourth-order valence-electron chi connectivity index (χ4n) is 1.90. The molecule has 2 aromatic rings. The van der Waals surface area contributed by atoms with E-state index in [1.807, 2.05) is 0 Å². The minimum atomic E-state index is -1.12. The summed E-state index contributed by atoms with van der Waals surface area (Å²) in [6, 6.07) is 6.97. The van der Waals surface area contributed by atoms with Crippen LogP contribution >= 0.6 is 11.6 Å². The average Bonchev–Trinajstić information content (AvgIpc) is 3.00. The second-order valence-corrected chi connectivity index (χ2v) is 5.02. The number of carbonyl (C=O) groups is 2. The van der Waals surface area contributed by atoms with Gasteiger partial charge >= 0.3 is 5.97 Å². The first-order valence-electron chi connectivity index (χ1n) is 6.70. The lowest BCUT2D eigenvalue weighted by Gasteiger charge is -2.18. The van der Waals surface area contributed by atoms with E-state index in [2.05, 4.69) is 10.3 Å². The third-order valence-electron chi connectivity index (χ3n) is 2.99. The van der Waals surface area contributed by atoms with E-state index in [4.69, 9.17) is 21.4 Å². The Morgan fingerprint density at radius 1 is 1.39 bits per heavy atom. The summed E-state index contributed by atoms with van der Waals surface area (Å²) in [5.74, 6) is -1.66. The van der Waals surface area contributed by atoms with Gasteiger partial charge in [0.2, 0.25) is 0 Å². The summed E-state index contributed by atoms with van der Waals surface area (Å²) in [5.41, 5.74) is 0.602. The summed E-state index contributed by atoms with van der Waals surface area (Å²) in [5, 5.41) is 17.0. The lowest BCUT2D eigenvalue weighted by molar-refractivity contribution is -0.137. The summed E-state index contributed by atoms with van der Waals surface area (Å²) >= 11 is 6.07. The largest absolute Gasteiger partial charge is 0.480 e. The Kier molecular flexibility index (Phi) is 5.67. The van der Waals surface area contributed by atoms with E-state index >= 15 is 0 Å². The van der Waals surface area contributed by atoms with E-state index < -0.39 is 18.4 Å². The van der Waals surface area contributed by atoms with Crippen molar-refractivity contribution in [3.05, 3.63) is 41.2 Å². The van der Waals surface area contributed by atoms with Gasteiger partial charge in [-0.1, -0.05) is 28.9 Å². The standard InChI is InChI=1S/C14H15ClN4O4/c1-23-7-6-18(9-13(20)21)14(22)11-8-19(17-16-11)12-5-3-2-4-10(12)15/h2-5,8H,6-7,9H2,1H3,(H,20,21). The third kappa shape index (κ3) is 4.27.